The molecule has 118 valence electrons. The van der Waals surface area contributed by atoms with Gasteiger partial charge in [0.2, 0.25) is 0 Å². The number of rotatable bonds is 8. The molecule has 1 aromatic rings. The molecule has 6 nitrogen and oxygen atoms in total. The lowest BCUT2D eigenvalue weighted by Gasteiger charge is -2.18. The fourth-order valence-corrected chi connectivity index (χ4v) is 2.67. The fourth-order valence-electron chi connectivity index (χ4n) is 2.67. The van der Waals surface area contributed by atoms with Crippen LogP contribution in [-0.4, -0.2) is 42.9 Å². The van der Waals surface area contributed by atoms with E-state index < -0.39 is 0 Å². The molecule has 0 bridgehead atoms. The van der Waals surface area contributed by atoms with E-state index in [1.807, 2.05) is 13.0 Å². The number of methoxy groups -OCH3 is 1. The van der Waals surface area contributed by atoms with Crippen LogP contribution in [0.1, 0.15) is 32.5 Å². The van der Waals surface area contributed by atoms with E-state index in [0.717, 1.165) is 44.2 Å². The number of ether oxygens (including phenoxy) is 2. The van der Waals surface area contributed by atoms with E-state index in [-0.39, 0.29) is 0 Å². The molecule has 0 aromatic carbocycles. The van der Waals surface area contributed by atoms with Gasteiger partial charge in [0.1, 0.15) is 18.2 Å². The number of hydrogen-bond acceptors (Lipinski definition) is 6. The van der Waals surface area contributed by atoms with Crippen LogP contribution in [-0.2, 0) is 16.1 Å². The standard InChI is InChI=1S/C15H26N4O2/c1-4-12-11(6-7-21-12)9-17-14-8-13(16-5-2)18-15(19-14)10-20-3/h8,11-12H,4-7,9-10H2,1-3H3,(H2,16,17,18,19). The largest absolute Gasteiger partial charge is 0.378 e. The first-order chi connectivity index (χ1) is 10.3. The van der Waals surface area contributed by atoms with Gasteiger partial charge in [0.15, 0.2) is 5.82 Å². The van der Waals surface area contributed by atoms with Gasteiger partial charge >= 0.3 is 0 Å². The maximum absolute atomic E-state index is 5.72. The fraction of sp³-hybridized carbons (Fsp3) is 0.733. The van der Waals surface area contributed by atoms with Gasteiger partial charge in [0.05, 0.1) is 6.10 Å². The van der Waals surface area contributed by atoms with Crippen LogP contribution in [0.4, 0.5) is 11.6 Å². The molecular weight excluding hydrogens is 268 g/mol. The highest BCUT2D eigenvalue weighted by Crippen LogP contribution is 2.24. The van der Waals surface area contributed by atoms with E-state index in [1.165, 1.54) is 0 Å². The van der Waals surface area contributed by atoms with Crippen molar-refractivity contribution >= 4 is 11.6 Å². The van der Waals surface area contributed by atoms with Crippen molar-refractivity contribution in [2.24, 2.45) is 5.92 Å². The molecule has 0 spiro atoms. The van der Waals surface area contributed by atoms with Gasteiger partial charge in [0, 0.05) is 38.8 Å². The molecule has 2 N–H and O–H groups in total. The van der Waals surface area contributed by atoms with Crippen LogP contribution < -0.4 is 10.6 Å². The molecule has 1 saturated heterocycles. The van der Waals surface area contributed by atoms with Crippen LogP contribution in [0, 0.1) is 5.92 Å². The van der Waals surface area contributed by atoms with E-state index in [1.54, 1.807) is 7.11 Å². The highest BCUT2D eigenvalue weighted by Gasteiger charge is 2.26. The third-order valence-corrected chi connectivity index (χ3v) is 3.70. The molecule has 2 rings (SSSR count). The molecule has 2 atom stereocenters. The zero-order valence-electron chi connectivity index (χ0n) is 13.2. The maximum Gasteiger partial charge on any atom is 0.158 e. The molecular formula is C15H26N4O2. The second-order valence-electron chi connectivity index (χ2n) is 5.27. The summed E-state index contributed by atoms with van der Waals surface area (Å²) in [6, 6.07) is 1.94. The van der Waals surface area contributed by atoms with E-state index in [0.29, 0.717) is 24.5 Å². The number of hydrogen-bond donors (Lipinski definition) is 2. The average Bonchev–Trinajstić information content (AvgIpc) is 2.93. The molecule has 6 heteroatoms. The monoisotopic (exact) mass is 294 g/mol. The first-order valence-electron chi connectivity index (χ1n) is 7.73. The van der Waals surface area contributed by atoms with Crippen LogP contribution >= 0.6 is 0 Å². The Balaban J connectivity index is 2.00. The minimum atomic E-state index is 0.367. The highest BCUT2D eigenvalue weighted by atomic mass is 16.5. The van der Waals surface area contributed by atoms with Crippen molar-refractivity contribution in [3.8, 4) is 0 Å². The van der Waals surface area contributed by atoms with Gasteiger partial charge in [-0.25, -0.2) is 9.97 Å². The Hall–Kier alpha value is -1.40. The number of anilines is 2. The van der Waals surface area contributed by atoms with Gasteiger partial charge in [-0.15, -0.1) is 0 Å². The third-order valence-electron chi connectivity index (χ3n) is 3.70. The Labute approximate surface area is 126 Å². The molecule has 2 unspecified atom stereocenters. The van der Waals surface area contributed by atoms with Crippen molar-refractivity contribution in [1.82, 2.24) is 9.97 Å². The first-order valence-corrected chi connectivity index (χ1v) is 7.73. The molecule has 1 aromatic heterocycles. The Morgan fingerprint density at radius 3 is 2.71 bits per heavy atom. The van der Waals surface area contributed by atoms with Crippen molar-refractivity contribution in [3.05, 3.63) is 11.9 Å². The maximum atomic E-state index is 5.72. The predicted molar refractivity (Wildman–Crippen MR) is 83.5 cm³/mol. The number of nitrogens with one attached hydrogen (secondary N) is 2. The van der Waals surface area contributed by atoms with Crippen molar-refractivity contribution in [2.45, 2.75) is 39.4 Å². The van der Waals surface area contributed by atoms with E-state index >= 15 is 0 Å². The quantitative estimate of drug-likeness (QED) is 0.766. The number of aromatic nitrogens is 2. The Kier molecular flexibility index (Phi) is 6.20. The lowest BCUT2D eigenvalue weighted by atomic mass is 10.00. The summed E-state index contributed by atoms with van der Waals surface area (Å²) in [6.07, 6.45) is 2.54. The molecule has 0 aliphatic carbocycles. The smallest absolute Gasteiger partial charge is 0.158 e. The Morgan fingerprint density at radius 2 is 2.05 bits per heavy atom. The minimum absolute atomic E-state index is 0.367. The van der Waals surface area contributed by atoms with Crippen LogP contribution in [0.15, 0.2) is 6.07 Å². The molecule has 1 aliphatic rings. The zero-order chi connectivity index (χ0) is 15.1. The van der Waals surface area contributed by atoms with Crippen molar-refractivity contribution < 1.29 is 9.47 Å². The normalized spacial score (nSPS) is 21.5. The van der Waals surface area contributed by atoms with Gasteiger partial charge < -0.3 is 20.1 Å². The molecule has 0 radical (unpaired) electrons. The Bertz CT molecular complexity index is 417. The lowest BCUT2D eigenvalue weighted by Crippen LogP contribution is -2.23. The van der Waals surface area contributed by atoms with Crippen molar-refractivity contribution in [1.29, 1.82) is 0 Å². The van der Waals surface area contributed by atoms with Crippen LogP contribution in [0.2, 0.25) is 0 Å². The Morgan fingerprint density at radius 1 is 1.29 bits per heavy atom. The second kappa shape index (κ2) is 8.14. The second-order valence-corrected chi connectivity index (χ2v) is 5.27. The SMILES string of the molecule is CCNc1cc(NCC2CCOC2CC)nc(COC)n1. The summed E-state index contributed by atoms with van der Waals surface area (Å²) >= 11 is 0. The van der Waals surface area contributed by atoms with Gasteiger partial charge in [0.25, 0.3) is 0 Å². The highest BCUT2D eigenvalue weighted by molar-refractivity contribution is 5.47. The van der Waals surface area contributed by atoms with Gasteiger partial charge in [-0.1, -0.05) is 6.92 Å². The summed E-state index contributed by atoms with van der Waals surface area (Å²) in [4.78, 5) is 8.90. The molecule has 0 amide bonds. The summed E-state index contributed by atoms with van der Waals surface area (Å²) < 4.78 is 10.9. The summed E-state index contributed by atoms with van der Waals surface area (Å²) in [5.41, 5.74) is 0. The van der Waals surface area contributed by atoms with Crippen LogP contribution in [0.5, 0.6) is 0 Å². The van der Waals surface area contributed by atoms with Crippen LogP contribution in [0.3, 0.4) is 0 Å². The van der Waals surface area contributed by atoms with Gasteiger partial charge in [-0.2, -0.15) is 0 Å². The molecule has 1 fully saturated rings. The first kappa shape index (κ1) is 16.0. The summed E-state index contributed by atoms with van der Waals surface area (Å²) in [5, 5.41) is 6.65. The topological polar surface area (TPSA) is 68.3 Å². The predicted octanol–water partition coefficient (Wildman–Crippen LogP) is 2.28. The van der Waals surface area contributed by atoms with Crippen molar-refractivity contribution in [3.63, 3.8) is 0 Å². The minimum Gasteiger partial charge on any atom is -0.378 e. The third kappa shape index (κ3) is 4.54. The average molecular weight is 294 g/mol. The summed E-state index contributed by atoms with van der Waals surface area (Å²) in [5.74, 6) is 2.91. The van der Waals surface area contributed by atoms with Crippen molar-refractivity contribution in [2.75, 3.05) is 37.4 Å². The zero-order valence-corrected chi connectivity index (χ0v) is 13.2. The van der Waals surface area contributed by atoms with E-state index in [9.17, 15) is 0 Å². The van der Waals surface area contributed by atoms with Gasteiger partial charge in [-0.3, -0.25) is 0 Å². The van der Waals surface area contributed by atoms with Crippen LogP contribution in [0.25, 0.3) is 0 Å². The molecule has 0 saturated carbocycles. The molecule has 21 heavy (non-hydrogen) atoms. The van der Waals surface area contributed by atoms with E-state index in [2.05, 4.69) is 27.5 Å². The summed E-state index contributed by atoms with van der Waals surface area (Å²) in [6.45, 7) is 7.22. The van der Waals surface area contributed by atoms with Gasteiger partial charge in [-0.05, 0) is 19.8 Å². The summed E-state index contributed by atoms with van der Waals surface area (Å²) in [7, 11) is 1.65. The molecule has 2 heterocycles. The lowest BCUT2D eigenvalue weighted by molar-refractivity contribution is 0.0900. The van der Waals surface area contributed by atoms with E-state index in [4.69, 9.17) is 9.47 Å². The number of nitrogens with zero attached hydrogens (tertiary/aromatic N) is 2. The molecule has 1 aliphatic heterocycles.